The van der Waals surface area contributed by atoms with Crippen LogP contribution in [0.2, 0.25) is 0 Å². The van der Waals surface area contributed by atoms with Gasteiger partial charge in [-0.2, -0.15) is 0 Å². The summed E-state index contributed by atoms with van der Waals surface area (Å²) < 4.78 is 5.92. The Morgan fingerprint density at radius 3 is 2.57 bits per heavy atom. The molecule has 0 amide bonds. The lowest BCUT2D eigenvalue weighted by molar-refractivity contribution is -0.193. The monoisotopic (exact) mass is 298 g/mol. The minimum Gasteiger partial charge on any atom is -0.393 e. The molecule has 0 aromatic rings. The molecule has 3 aliphatic rings. The molecule has 6 heteroatoms. The van der Waals surface area contributed by atoms with Gasteiger partial charge in [0.25, 0.3) is 0 Å². The van der Waals surface area contributed by atoms with Gasteiger partial charge in [-0.05, 0) is 24.8 Å². The van der Waals surface area contributed by atoms with Crippen LogP contribution in [-0.2, 0) is 9.53 Å². The maximum atomic E-state index is 12.3. The first kappa shape index (κ1) is 15.1. The molecule has 21 heavy (non-hydrogen) atoms. The maximum absolute atomic E-state index is 12.3. The van der Waals surface area contributed by atoms with E-state index in [1.807, 2.05) is 6.08 Å². The smallest absolute Gasteiger partial charge is 0.144 e. The van der Waals surface area contributed by atoms with Crippen LogP contribution in [0.15, 0.2) is 11.6 Å². The van der Waals surface area contributed by atoms with E-state index < -0.39 is 30.3 Å². The first-order chi connectivity index (χ1) is 9.97. The summed E-state index contributed by atoms with van der Waals surface area (Å²) in [6.45, 7) is 0. The predicted molar refractivity (Wildman–Crippen MR) is 72.4 cm³/mol. The third-order valence-corrected chi connectivity index (χ3v) is 4.92. The molecule has 2 fully saturated rings. The van der Waals surface area contributed by atoms with Crippen molar-refractivity contribution in [3.8, 4) is 0 Å². The normalized spacial score (nSPS) is 47.7. The number of rotatable bonds is 1. The Labute approximate surface area is 123 Å². The Morgan fingerprint density at radius 1 is 1.14 bits per heavy atom. The van der Waals surface area contributed by atoms with Crippen molar-refractivity contribution in [2.24, 2.45) is 5.92 Å². The average molecular weight is 298 g/mol. The number of Topliss-reactive ketones (excluding diaryl/α,β-unsaturated/α-hetero) is 1. The van der Waals surface area contributed by atoms with E-state index in [9.17, 15) is 25.2 Å². The van der Waals surface area contributed by atoms with Gasteiger partial charge in [-0.25, -0.2) is 0 Å². The molecule has 0 radical (unpaired) electrons. The van der Waals surface area contributed by atoms with Gasteiger partial charge in [0, 0.05) is 12.8 Å². The fourth-order valence-corrected chi connectivity index (χ4v) is 3.65. The van der Waals surface area contributed by atoms with E-state index in [0.717, 1.165) is 5.57 Å². The minimum atomic E-state index is -1.29. The van der Waals surface area contributed by atoms with E-state index in [-0.39, 0.29) is 30.8 Å². The topological polar surface area (TPSA) is 107 Å². The maximum Gasteiger partial charge on any atom is 0.144 e. The molecule has 7 unspecified atom stereocenters. The molecule has 1 saturated carbocycles. The number of ketones is 1. The molecule has 1 saturated heterocycles. The number of carbonyl (C=O) groups excluding carboxylic acids is 1. The van der Waals surface area contributed by atoms with Crippen LogP contribution in [0, 0.1) is 5.92 Å². The number of fused-ring (bicyclic) bond motifs is 1. The van der Waals surface area contributed by atoms with Crippen molar-refractivity contribution < 1.29 is 30.0 Å². The van der Waals surface area contributed by atoms with Crippen molar-refractivity contribution in [3.05, 3.63) is 11.6 Å². The van der Waals surface area contributed by atoms with Gasteiger partial charge in [-0.3, -0.25) is 4.79 Å². The Balaban J connectivity index is 1.75. The molecular formula is C15H22O6. The average Bonchev–Trinajstić information content (AvgIpc) is 2.45. The van der Waals surface area contributed by atoms with Gasteiger partial charge in [-0.1, -0.05) is 6.08 Å². The van der Waals surface area contributed by atoms with Gasteiger partial charge in [-0.15, -0.1) is 0 Å². The van der Waals surface area contributed by atoms with Crippen molar-refractivity contribution in [2.75, 3.05) is 0 Å². The predicted octanol–water partition coefficient (Wildman–Crippen LogP) is -0.713. The van der Waals surface area contributed by atoms with Crippen molar-refractivity contribution in [3.63, 3.8) is 0 Å². The van der Waals surface area contributed by atoms with E-state index in [4.69, 9.17) is 4.74 Å². The molecule has 7 atom stereocenters. The molecular weight excluding hydrogens is 276 g/mol. The number of hydrogen-bond donors (Lipinski definition) is 4. The van der Waals surface area contributed by atoms with Crippen molar-refractivity contribution in [1.29, 1.82) is 0 Å². The van der Waals surface area contributed by atoms with Crippen LogP contribution in [0.25, 0.3) is 0 Å². The van der Waals surface area contributed by atoms with Crippen LogP contribution < -0.4 is 0 Å². The Hall–Kier alpha value is -0.790. The Kier molecular flexibility index (Phi) is 4.16. The molecule has 2 aliphatic carbocycles. The largest absolute Gasteiger partial charge is 0.393 e. The molecule has 0 aromatic carbocycles. The highest BCUT2D eigenvalue weighted by Crippen LogP contribution is 2.38. The van der Waals surface area contributed by atoms with Gasteiger partial charge >= 0.3 is 0 Å². The highest BCUT2D eigenvalue weighted by atomic mass is 16.5. The van der Waals surface area contributed by atoms with Crippen LogP contribution in [0.4, 0.5) is 0 Å². The van der Waals surface area contributed by atoms with E-state index in [0.29, 0.717) is 19.3 Å². The quantitative estimate of drug-likeness (QED) is 0.476. The standard InChI is InChI=1S/C15H22O6/c16-8-3-1-7(2-4-8)11-5-9(17)13-12(21-11)6-10(18)14(19)15(13)20/h1,8,10-16,18-20H,2-6H2. The van der Waals surface area contributed by atoms with E-state index >= 15 is 0 Å². The van der Waals surface area contributed by atoms with Crippen LogP contribution in [0.1, 0.15) is 32.1 Å². The lowest BCUT2D eigenvalue weighted by atomic mass is 9.74. The Bertz CT molecular complexity index is 447. The fraction of sp³-hybridized carbons (Fsp3) is 0.800. The van der Waals surface area contributed by atoms with Crippen LogP contribution >= 0.6 is 0 Å². The van der Waals surface area contributed by atoms with Crippen molar-refractivity contribution in [1.82, 2.24) is 0 Å². The summed E-state index contributed by atoms with van der Waals surface area (Å²) >= 11 is 0. The molecule has 1 heterocycles. The molecule has 118 valence electrons. The van der Waals surface area contributed by atoms with Gasteiger partial charge < -0.3 is 25.2 Å². The molecule has 1 aliphatic heterocycles. The number of carbonyl (C=O) groups is 1. The second-order valence-electron chi connectivity index (χ2n) is 6.35. The lowest BCUT2D eigenvalue weighted by Gasteiger charge is -2.45. The molecule has 4 N–H and O–H groups in total. The van der Waals surface area contributed by atoms with E-state index in [2.05, 4.69) is 0 Å². The van der Waals surface area contributed by atoms with E-state index in [1.54, 1.807) is 0 Å². The second kappa shape index (κ2) is 5.78. The number of ether oxygens (including phenoxy) is 1. The zero-order valence-corrected chi connectivity index (χ0v) is 11.8. The van der Waals surface area contributed by atoms with Gasteiger partial charge in [0.15, 0.2) is 0 Å². The summed E-state index contributed by atoms with van der Waals surface area (Å²) in [5.41, 5.74) is 1.02. The summed E-state index contributed by atoms with van der Waals surface area (Å²) in [7, 11) is 0. The third-order valence-electron chi connectivity index (χ3n) is 4.92. The lowest BCUT2D eigenvalue weighted by Crippen LogP contribution is -2.59. The molecule has 0 bridgehead atoms. The SMILES string of the molecule is O=C1CC(C2=CCC(O)CC2)OC2CC(O)C(O)C(O)C12. The van der Waals surface area contributed by atoms with Crippen molar-refractivity contribution in [2.45, 2.75) is 68.7 Å². The number of hydrogen-bond acceptors (Lipinski definition) is 6. The third kappa shape index (κ3) is 2.78. The first-order valence-corrected chi connectivity index (χ1v) is 7.56. The van der Waals surface area contributed by atoms with Gasteiger partial charge in [0.1, 0.15) is 11.9 Å². The highest BCUT2D eigenvalue weighted by Gasteiger charge is 2.50. The van der Waals surface area contributed by atoms with E-state index in [1.165, 1.54) is 0 Å². The summed E-state index contributed by atoms with van der Waals surface area (Å²) in [4.78, 5) is 12.3. The number of aliphatic hydroxyl groups excluding tert-OH is 4. The molecule has 0 spiro atoms. The summed E-state index contributed by atoms with van der Waals surface area (Å²) in [6, 6.07) is 0. The van der Waals surface area contributed by atoms with Crippen LogP contribution in [0.3, 0.4) is 0 Å². The summed E-state index contributed by atoms with van der Waals surface area (Å²) in [6.07, 6.45) is -0.652. The zero-order chi connectivity index (χ0) is 15.1. The minimum absolute atomic E-state index is 0.123. The highest BCUT2D eigenvalue weighted by molar-refractivity contribution is 5.84. The zero-order valence-electron chi connectivity index (χ0n) is 11.8. The fourth-order valence-electron chi connectivity index (χ4n) is 3.65. The van der Waals surface area contributed by atoms with Gasteiger partial charge in [0.05, 0.1) is 36.4 Å². The Morgan fingerprint density at radius 2 is 1.90 bits per heavy atom. The molecule has 0 aromatic heterocycles. The second-order valence-corrected chi connectivity index (χ2v) is 6.35. The number of aliphatic hydroxyl groups is 4. The van der Waals surface area contributed by atoms with Crippen LogP contribution in [-0.4, -0.2) is 62.8 Å². The first-order valence-electron chi connectivity index (χ1n) is 7.56. The molecule has 6 nitrogen and oxygen atoms in total. The van der Waals surface area contributed by atoms with Crippen molar-refractivity contribution >= 4 is 5.78 Å². The van der Waals surface area contributed by atoms with Crippen LogP contribution in [0.5, 0.6) is 0 Å². The summed E-state index contributed by atoms with van der Waals surface area (Å²) in [5, 5.41) is 39.0. The molecule has 3 rings (SSSR count). The summed E-state index contributed by atoms with van der Waals surface area (Å²) in [5.74, 6) is -0.879. The van der Waals surface area contributed by atoms with Gasteiger partial charge in [0.2, 0.25) is 0 Å².